The zero-order valence-electron chi connectivity index (χ0n) is 15.4. The summed E-state index contributed by atoms with van der Waals surface area (Å²) in [6.45, 7) is 5.46. The molecule has 1 N–H and O–H groups in total. The van der Waals surface area contributed by atoms with Crippen LogP contribution in [0.2, 0.25) is 0 Å². The number of nitrogens with one attached hydrogen (secondary N) is 1. The van der Waals surface area contributed by atoms with Gasteiger partial charge in [0, 0.05) is 37.7 Å². The van der Waals surface area contributed by atoms with Gasteiger partial charge in [-0.05, 0) is 37.4 Å². The highest BCUT2D eigenvalue weighted by Gasteiger charge is 2.30. The van der Waals surface area contributed by atoms with E-state index in [1.54, 1.807) is 18.2 Å². The summed E-state index contributed by atoms with van der Waals surface area (Å²) < 4.78 is 0. The predicted molar refractivity (Wildman–Crippen MR) is 98.7 cm³/mol. The number of imide groups is 1. The molecular weight excluding hydrogens is 330 g/mol. The maximum atomic E-state index is 12.5. The highest BCUT2D eigenvalue weighted by atomic mass is 16.2. The molecule has 0 bridgehead atoms. The smallest absolute Gasteiger partial charge is 0.260 e. The van der Waals surface area contributed by atoms with Crippen molar-refractivity contribution in [1.29, 1.82) is 0 Å². The molecule has 26 heavy (non-hydrogen) atoms. The van der Waals surface area contributed by atoms with Crippen molar-refractivity contribution in [3.8, 4) is 0 Å². The Morgan fingerprint density at radius 2 is 1.88 bits per heavy atom. The van der Waals surface area contributed by atoms with Crippen LogP contribution in [0.5, 0.6) is 0 Å². The number of rotatable bonds is 6. The Morgan fingerprint density at radius 1 is 1.15 bits per heavy atom. The Labute approximate surface area is 154 Å². The first-order valence-electron chi connectivity index (χ1n) is 9.52. The number of amides is 3. The van der Waals surface area contributed by atoms with Crippen molar-refractivity contribution in [3.63, 3.8) is 0 Å². The summed E-state index contributed by atoms with van der Waals surface area (Å²) in [4.78, 5) is 40.6. The van der Waals surface area contributed by atoms with Gasteiger partial charge < -0.3 is 10.2 Å². The van der Waals surface area contributed by atoms with E-state index >= 15 is 0 Å². The van der Waals surface area contributed by atoms with Crippen LogP contribution in [0.15, 0.2) is 24.3 Å². The fourth-order valence-corrected chi connectivity index (χ4v) is 3.76. The lowest BCUT2D eigenvalue weighted by molar-refractivity contribution is -0.129. The third kappa shape index (κ3) is 4.30. The number of likely N-dealkylation sites (tertiary alicyclic amines) is 1. The van der Waals surface area contributed by atoms with Gasteiger partial charge in [0.25, 0.3) is 5.91 Å². The quantitative estimate of drug-likeness (QED) is 0.785. The van der Waals surface area contributed by atoms with Crippen LogP contribution in [0.4, 0.5) is 0 Å². The summed E-state index contributed by atoms with van der Waals surface area (Å²) in [5.74, 6) is -0.606. The van der Waals surface area contributed by atoms with Crippen molar-refractivity contribution in [3.05, 3.63) is 35.4 Å². The van der Waals surface area contributed by atoms with Crippen LogP contribution in [0.3, 0.4) is 0 Å². The molecule has 1 aromatic carbocycles. The number of nitrogens with zero attached hydrogens (tertiary/aromatic N) is 2. The van der Waals surface area contributed by atoms with Crippen LogP contribution in [0.1, 0.15) is 48.5 Å². The average Bonchev–Trinajstić information content (AvgIpc) is 2.63. The first-order valence-corrected chi connectivity index (χ1v) is 9.52. The fraction of sp³-hybridized carbons (Fsp3) is 0.550. The molecule has 6 heteroatoms. The fourth-order valence-electron chi connectivity index (χ4n) is 3.76. The van der Waals surface area contributed by atoms with E-state index in [0.717, 1.165) is 44.5 Å². The van der Waals surface area contributed by atoms with E-state index < -0.39 is 0 Å². The van der Waals surface area contributed by atoms with Crippen LogP contribution < -0.4 is 5.32 Å². The number of benzene rings is 1. The van der Waals surface area contributed by atoms with E-state index in [-0.39, 0.29) is 43.1 Å². The van der Waals surface area contributed by atoms with Crippen molar-refractivity contribution in [1.82, 2.24) is 15.1 Å². The Kier molecular flexibility index (Phi) is 6.04. The van der Waals surface area contributed by atoms with E-state index in [2.05, 4.69) is 17.1 Å². The molecule has 2 heterocycles. The van der Waals surface area contributed by atoms with Crippen molar-refractivity contribution in [2.45, 2.75) is 45.1 Å². The molecule has 6 nitrogen and oxygen atoms in total. The summed E-state index contributed by atoms with van der Waals surface area (Å²) in [6.07, 6.45) is 3.45. The normalized spacial score (nSPS) is 18.7. The van der Waals surface area contributed by atoms with Gasteiger partial charge in [-0.15, -0.1) is 0 Å². The zero-order valence-corrected chi connectivity index (χ0v) is 15.4. The molecule has 0 aliphatic carbocycles. The number of fused-ring (bicyclic) bond motifs is 1. The Morgan fingerprint density at radius 3 is 2.62 bits per heavy atom. The molecular formula is C20H27N3O3. The molecule has 0 saturated carbocycles. The second kappa shape index (κ2) is 8.45. The largest absolute Gasteiger partial charge is 0.353 e. The number of hydrogen-bond donors (Lipinski definition) is 1. The minimum Gasteiger partial charge on any atom is -0.353 e. The lowest BCUT2D eigenvalue weighted by Crippen LogP contribution is -2.47. The highest BCUT2D eigenvalue weighted by Crippen LogP contribution is 2.19. The van der Waals surface area contributed by atoms with E-state index in [1.165, 1.54) is 4.90 Å². The van der Waals surface area contributed by atoms with E-state index in [0.29, 0.717) is 5.56 Å². The van der Waals surface area contributed by atoms with Crippen molar-refractivity contribution >= 4 is 17.7 Å². The monoisotopic (exact) mass is 357 g/mol. The lowest BCUT2D eigenvalue weighted by atomic mass is 9.98. The maximum Gasteiger partial charge on any atom is 0.260 e. The van der Waals surface area contributed by atoms with Gasteiger partial charge in [-0.25, -0.2) is 0 Å². The van der Waals surface area contributed by atoms with Gasteiger partial charge >= 0.3 is 0 Å². The summed E-state index contributed by atoms with van der Waals surface area (Å²) in [6, 6.07) is 7.36. The summed E-state index contributed by atoms with van der Waals surface area (Å²) in [7, 11) is 0. The first kappa shape index (κ1) is 18.6. The van der Waals surface area contributed by atoms with E-state index in [4.69, 9.17) is 0 Å². The molecule has 0 atom stereocenters. The molecule has 3 rings (SSSR count). The lowest BCUT2D eigenvalue weighted by Gasteiger charge is -2.32. The second-order valence-corrected chi connectivity index (χ2v) is 7.12. The van der Waals surface area contributed by atoms with Gasteiger partial charge in [-0.1, -0.05) is 25.1 Å². The molecule has 0 radical (unpaired) electrons. The molecule has 2 aliphatic rings. The van der Waals surface area contributed by atoms with Crippen LogP contribution in [-0.2, 0) is 16.0 Å². The number of piperidine rings is 1. The Balaban J connectivity index is 1.48. The molecule has 1 aromatic rings. The van der Waals surface area contributed by atoms with Crippen molar-refractivity contribution in [2.24, 2.45) is 0 Å². The third-order valence-electron chi connectivity index (χ3n) is 5.19. The summed E-state index contributed by atoms with van der Waals surface area (Å²) >= 11 is 0. The van der Waals surface area contributed by atoms with Crippen molar-refractivity contribution in [2.75, 3.05) is 26.2 Å². The van der Waals surface area contributed by atoms with Crippen LogP contribution in [0, 0.1) is 0 Å². The number of carbonyl (C=O) groups excluding carboxylic acids is 3. The molecule has 2 aliphatic heterocycles. The molecule has 0 unspecified atom stereocenters. The minimum atomic E-state index is -0.294. The van der Waals surface area contributed by atoms with Crippen LogP contribution in [0.25, 0.3) is 0 Å². The van der Waals surface area contributed by atoms with Gasteiger partial charge in [0.15, 0.2) is 0 Å². The minimum absolute atomic E-state index is 0.0848. The molecule has 140 valence electrons. The van der Waals surface area contributed by atoms with Crippen LogP contribution >= 0.6 is 0 Å². The van der Waals surface area contributed by atoms with Crippen molar-refractivity contribution < 1.29 is 14.4 Å². The standard InChI is InChI=1S/C20H27N3O3/c1-2-10-22-11-7-16(8-12-22)21-18(24)9-13-23-19(25)14-15-5-3-4-6-17(15)20(23)26/h3-6,16H,2,7-14H2,1H3,(H,21,24). The number of hydrogen-bond acceptors (Lipinski definition) is 4. The topological polar surface area (TPSA) is 69.7 Å². The summed E-state index contributed by atoms with van der Waals surface area (Å²) in [5, 5.41) is 3.06. The Hall–Kier alpha value is -2.21. The molecule has 1 saturated heterocycles. The van der Waals surface area contributed by atoms with E-state index in [1.807, 2.05) is 6.07 Å². The molecule has 0 spiro atoms. The van der Waals surface area contributed by atoms with Gasteiger partial charge in [-0.2, -0.15) is 0 Å². The molecule has 3 amide bonds. The first-order chi connectivity index (χ1) is 12.6. The van der Waals surface area contributed by atoms with Gasteiger partial charge in [0.1, 0.15) is 0 Å². The second-order valence-electron chi connectivity index (χ2n) is 7.12. The zero-order chi connectivity index (χ0) is 18.5. The van der Waals surface area contributed by atoms with Gasteiger partial charge in [0.05, 0.1) is 6.42 Å². The Bertz CT molecular complexity index is 681. The van der Waals surface area contributed by atoms with E-state index in [9.17, 15) is 14.4 Å². The van der Waals surface area contributed by atoms with Crippen LogP contribution in [-0.4, -0.2) is 59.7 Å². The molecule has 0 aromatic heterocycles. The third-order valence-corrected chi connectivity index (χ3v) is 5.19. The maximum absolute atomic E-state index is 12.5. The average molecular weight is 357 g/mol. The highest BCUT2D eigenvalue weighted by molar-refractivity contribution is 6.09. The van der Waals surface area contributed by atoms with Gasteiger partial charge in [0.2, 0.25) is 11.8 Å². The number of carbonyl (C=O) groups is 3. The summed E-state index contributed by atoms with van der Waals surface area (Å²) in [5.41, 5.74) is 1.33. The van der Waals surface area contributed by atoms with Gasteiger partial charge in [-0.3, -0.25) is 19.3 Å². The predicted octanol–water partition coefficient (Wildman–Crippen LogP) is 1.59. The molecule has 1 fully saturated rings. The SMILES string of the molecule is CCCN1CCC(NC(=O)CCN2C(=O)Cc3ccccc3C2=O)CC1.